The van der Waals surface area contributed by atoms with Gasteiger partial charge in [0.25, 0.3) is 21.9 Å². The molecule has 3 rings (SSSR count). The number of carbonyl (C=O) groups is 8. The van der Waals surface area contributed by atoms with Crippen LogP contribution in [0.1, 0.15) is 52.5 Å². The first-order chi connectivity index (χ1) is 26.3. The van der Waals surface area contributed by atoms with Gasteiger partial charge in [-0.2, -0.15) is 8.42 Å². The number of amides is 8. The van der Waals surface area contributed by atoms with E-state index in [0.717, 1.165) is 22.0 Å². The van der Waals surface area contributed by atoms with Crippen LogP contribution in [0.4, 0.5) is 10.5 Å². The monoisotopic (exact) mass is 807 g/mol. The number of carbonyl (C=O) groups excluding carboxylic acids is 8. The van der Waals surface area contributed by atoms with Crippen LogP contribution in [-0.4, -0.2) is 126 Å². The highest BCUT2D eigenvalue weighted by atomic mass is 32.2. The molecule has 2 aliphatic rings. The maximum absolute atomic E-state index is 13.7. The van der Waals surface area contributed by atoms with Crippen LogP contribution in [0.15, 0.2) is 36.4 Å². The Hall–Kier alpha value is -5.41. The summed E-state index contributed by atoms with van der Waals surface area (Å²) in [6, 6.07) is 1.14. The summed E-state index contributed by atoms with van der Waals surface area (Å²) in [5.41, 5.74) is 6.19. The predicted octanol–water partition coefficient (Wildman–Crippen LogP) is -0.803. The SMILES string of the molecule is CC(C)C(=O)OCc1ccc(NC(=O)[C@H](CCCNC(N)=O)NC(=O)[C@@H](NC(=O)CN2C(=O)[C@H](N3C(=O)C=CC3=O)C[C@H]2COCCS(=O)(=O)O)C(C)C)cc1. The second-order valence-corrected chi connectivity index (χ2v) is 15.4. The average molecular weight is 808 g/mol. The third-order valence-corrected chi connectivity index (χ3v) is 9.39. The molecule has 0 aliphatic carbocycles. The normalized spacial score (nSPS) is 17.9. The topological polar surface area (TPSA) is 290 Å². The number of hydrogen-bond acceptors (Lipinski definition) is 12. The van der Waals surface area contributed by atoms with Crippen molar-refractivity contribution in [2.75, 3.05) is 37.4 Å². The minimum atomic E-state index is -4.35. The Morgan fingerprint density at radius 2 is 1.61 bits per heavy atom. The third kappa shape index (κ3) is 13.7. The molecule has 1 saturated heterocycles. The number of nitrogens with zero attached hydrogens (tertiary/aromatic N) is 2. The Morgan fingerprint density at radius 3 is 2.18 bits per heavy atom. The molecular formula is C35H49N7O13S. The maximum atomic E-state index is 13.7. The van der Waals surface area contributed by atoms with E-state index < -0.39 is 101 Å². The van der Waals surface area contributed by atoms with Crippen molar-refractivity contribution in [2.45, 2.75) is 77.7 Å². The van der Waals surface area contributed by atoms with E-state index in [-0.39, 0.29) is 50.9 Å². The smallest absolute Gasteiger partial charge is 0.312 e. The minimum Gasteiger partial charge on any atom is -0.461 e. The van der Waals surface area contributed by atoms with Gasteiger partial charge >= 0.3 is 12.0 Å². The molecular weight excluding hydrogens is 758 g/mol. The lowest BCUT2D eigenvalue weighted by molar-refractivity contribution is -0.148. The second kappa shape index (κ2) is 20.5. The molecule has 8 amide bonds. The zero-order chi connectivity index (χ0) is 41.7. The lowest BCUT2D eigenvalue weighted by Gasteiger charge is -2.28. The lowest BCUT2D eigenvalue weighted by atomic mass is 10.0. The fourth-order valence-electron chi connectivity index (χ4n) is 5.73. The van der Waals surface area contributed by atoms with Crippen molar-refractivity contribution < 1.29 is 60.8 Å². The van der Waals surface area contributed by atoms with Crippen molar-refractivity contribution in [2.24, 2.45) is 17.6 Å². The largest absolute Gasteiger partial charge is 0.461 e. The number of primary amides is 1. The summed E-state index contributed by atoms with van der Waals surface area (Å²) in [5, 5.41) is 10.4. The first-order valence-corrected chi connectivity index (χ1v) is 19.5. The maximum Gasteiger partial charge on any atom is 0.312 e. The van der Waals surface area contributed by atoms with Crippen molar-refractivity contribution in [1.29, 1.82) is 0 Å². The van der Waals surface area contributed by atoms with Gasteiger partial charge in [-0.15, -0.1) is 0 Å². The van der Waals surface area contributed by atoms with Gasteiger partial charge in [0.1, 0.15) is 24.7 Å². The highest BCUT2D eigenvalue weighted by Gasteiger charge is 2.47. The molecule has 0 unspecified atom stereocenters. The third-order valence-electron chi connectivity index (χ3n) is 8.71. The fraction of sp³-hybridized carbons (Fsp3) is 0.543. The molecule has 1 fully saturated rings. The van der Waals surface area contributed by atoms with Crippen LogP contribution in [0.3, 0.4) is 0 Å². The molecule has 20 nitrogen and oxygen atoms in total. The number of rotatable bonds is 21. The highest BCUT2D eigenvalue weighted by molar-refractivity contribution is 7.85. The molecule has 1 aromatic carbocycles. The Morgan fingerprint density at radius 1 is 0.964 bits per heavy atom. The zero-order valence-electron chi connectivity index (χ0n) is 31.5. The van der Waals surface area contributed by atoms with E-state index >= 15 is 0 Å². The number of likely N-dealkylation sites (tertiary alicyclic amines) is 1. The summed E-state index contributed by atoms with van der Waals surface area (Å²) in [4.78, 5) is 104. The number of ether oxygens (including phenoxy) is 2. The van der Waals surface area contributed by atoms with Crippen molar-refractivity contribution in [3.63, 3.8) is 0 Å². The number of hydrogen-bond donors (Lipinski definition) is 6. The predicted molar refractivity (Wildman–Crippen MR) is 197 cm³/mol. The lowest BCUT2D eigenvalue weighted by Crippen LogP contribution is -2.56. The van der Waals surface area contributed by atoms with E-state index in [4.69, 9.17) is 19.8 Å². The van der Waals surface area contributed by atoms with Crippen molar-refractivity contribution in [1.82, 2.24) is 25.8 Å². The van der Waals surface area contributed by atoms with E-state index in [0.29, 0.717) is 11.3 Å². The Balaban J connectivity index is 1.72. The first-order valence-electron chi connectivity index (χ1n) is 17.9. The molecule has 0 radical (unpaired) electrons. The first kappa shape index (κ1) is 45.0. The van der Waals surface area contributed by atoms with Crippen LogP contribution < -0.4 is 27.0 Å². The van der Waals surface area contributed by atoms with E-state index in [1.165, 1.54) is 0 Å². The number of urea groups is 1. The van der Waals surface area contributed by atoms with E-state index in [1.807, 2.05) is 0 Å². The summed E-state index contributed by atoms with van der Waals surface area (Å²) < 4.78 is 41.8. The molecule has 1 aromatic rings. The van der Waals surface area contributed by atoms with Crippen LogP contribution in [-0.2, 0) is 59.8 Å². The molecule has 7 N–H and O–H groups in total. The number of imide groups is 1. The molecule has 2 heterocycles. The summed E-state index contributed by atoms with van der Waals surface area (Å²) in [6.07, 6.45) is 2.14. The Labute approximate surface area is 324 Å². The van der Waals surface area contributed by atoms with Crippen molar-refractivity contribution in [3.05, 3.63) is 42.0 Å². The van der Waals surface area contributed by atoms with Gasteiger partial charge in [0.05, 0.1) is 37.5 Å². The van der Waals surface area contributed by atoms with Crippen LogP contribution in [0.5, 0.6) is 0 Å². The minimum absolute atomic E-state index is 0.0341. The average Bonchev–Trinajstić information content (AvgIpc) is 3.60. The van der Waals surface area contributed by atoms with Gasteiger partial charge in [-0.1, -0.05) is 39.8 Å². The number of nitrogens with two attached hydrogens (primary N) is 1. The molecule has 4 atom stereocenters. The van der Waals surface area contributed by atoms with E-state index in [9.17, 15) is 46.8 Å². The van der Waals surface area contributed by atoms with Crippen LogP contribution in [0.25, 0.3) is 0 Å². The highest BCUT2D eigenvalue weighted by Crippen LogP contribution is 2.26. The fourth-order valence-corrected chi connectivity index (χ4v) is 6.06. The Bertz CT molecular complexity index is 1770. The summed E-state index contributed by atoms with van der Waals surface area (Å²) in [7, 11) is -4.35. The standard InChI is InChI=1S/C35H49N7O13S/c1-20(2)30(40-27(43)17-41-24(19-54-14-15-56(51,52)53)16-26(33(41)48)42-28(44)11-12-29(42)45)32(47)39-25(6-5-13-37-35(36)50)31(46)38-23-9-7-22(8-10-23)18-55-34(49)21(3)4/h7-12,20-21,24-26,30H,5-6,13-19H2,1-4H3,(H,38,46)(H,39,47)(H,40,43)(H3,36,37,50)(H,51,52,53)/t24-,25-,26+,30-/m0/s1. The van der Waals surface area contributed by atoms with Gasteiger partial charge in [-0.3, -0.25) is 43.0 Å². The second-order valence-electron chi connectivity index (χ2n) is 13.8. The van der Waals surface area contributed by atoms with Gasteiger partial charge in [0.2, 0.25) is 23.6 Å². The van der Waals surface area contributed by atoms with Gasteiger partial charge in [0.15, 0.2) is 0 Å². The number of esters is 1. The molecule has 0 spiro atoms. The molecule has 0 aromatic heterocycles. The number of anilines is 1. The molecule has 0 saturated carbocycles. The Kier molecular flexibility index (Phi) is 16.5. The summed E-state index contributed by atoms with van der Waals surface area (Å²) >= 11 is 0. The van der Waals surface area contributed by atoms with Crippen molar-refractivity contribution in [3.8, 4) is 0 Å². The zero-order valence-corrected chi connectivity index (χ0v) is 32.3. The molecule has 2 aliphatic heterocycles. The van der Waals surface area contributed by atoms with Crippen LogP contribution >= 0.6 is 0 Å². The number of benzene rings is 1. The van der Waals surface area contributed by atoms with Gasteiger partial charge in [0, 0.05) is 30.8 Å². The molecule has 56 heavy (non-hydrogen) atoms. The molecule has 0 bridgehead atoms. The van der Waals surface area contributed by atoms with E-state index in [2.05, 4.69) is 21.3 Å². The van der Waals surface area contributed by atoms with Gasteiger partial charge in [-0.05, 0) is 36.5 Å². The molecule has 308 valence electrons. The number of nitrogens with one attached hydrogen (secondary N) is 4. The van der Waals surface area contributed by atoms with Gasteiger partial charge in [-0.25, -0.2) is 4.79 Å². The quantitative estimate of drug-likeness (QED) is 0.0384. The summed E-state index contributed by atoms with van der Waals surface area (Å²) in [5.74, 6) is -6.31. The van der Waals surface area contributed by atoms with Crippen molar-refractivity contribution >= 4 is 63.2 Å². The summed E-state index contributed by atoms with van der Waals surface area (Å²) in [6.45, 7) is 5.43. The van der Waals surface area contributed by atoms with Crippen LogP contribution in [0.2, 0.25) is 0 Å². The van der Waals surface area contributed by atoms with E-state index in [1.54, 1.807) is 52.0 Å². The van der Waals surface area contributed by atoms with Crippen LogP contribution in [0, 0.1) is 11.8 Å². The molecule has 21 heteroatoms. The van der Waals surface area contributed by atoms with Gasteiger partial charge < -0.3 is 41.4 Å².